The predicted octanol–water partition coefficient (Wildman–Crippen LogP) is 1.19. The Balaban J connectivity index is 1.57. The number of nitrogens with one attached hydrogen (secondary N) is 1. The Hall–Kier alpha value is -1.52. The molecule has 1 saturated heterocycles. The number of aryl methyl sites for hydroxylation is 1. The van der Waals surface area contributed by atoms with Crippen LogP contribution in [0.1, 0.15) is 30.7 Å². The van der Waals surface area contributed by atoms with Crippen LogP contribution in [0, 0.1) is 5.92 Å². The Bertz CT molecular complexity index is 460. The van der Waals surface area contributed by atoms with E-state index in [0.717, 1.165) is 31.5 Å². The normalized spacial score (nSPS) is 24.0. The van der Waals surface area contributed by atoms with Crippen LogP contribution in [0.4, 0.5) is 0 Å². The number of nitrogens with zero attached hydrogens (tertiary/aromatic N) is 4. The Morgan fingerprint density at radius 3 is 2.95 bits per heavy atom. The van der Waals surface area contributed by atoms with Crippen molar-refractivity contribution >= 4 is 5.96 Å². The van der Waals surface area contributed by atoms with Crippen LogP contribution in [-0.4, -0.2) is 47.3 Å². The molecular weight excluding hydrogens is 238 g/mol. The summed E-state index contributed by atoms with van der Waals surface area (Å²) in [7, 11) is 3.86. The van der Waals surface area contributed by atoms with Gasteiger partial charge in [0, 0.05) is 45.8 Å². The summed E-state index contributed by atoms with van der Waals surface area (Å²) < 4.78 is 1.89. The van der Waals surface area contributed by atoms with E-state index < -0.39 is 0 Å². The minimum atomic E-state index is 0.591. The fraction of sp³-hybridized carbons (Fsp3) is 0.714. The molecule has 0 spiro atoms. The molecule has 2 aliphatic rings. The minimum Gasteiger partial charge on any atom is -0.356 e. The highest BCUT2D eigenvalue weighted by molar-refractivity contribution is 5.80. The van der Waals surface area contributed by atoms with E-state index in [-0.39, 0.29) is 0 Å². The summed E-state index contributed by atoms with van der Waals surface area (Å²) in [5.74, 6) is 2.54. The molecule has 1 N–H and O–H groups in total. The van der Waals surface area contributed by atoms with Crippen LogP contribution < -0.4 is 5.32 Å². The molecule has 104 valence electrons. The highest BCUT2D eigenvalue weighted by atomic mass is 15.3. The average molecular weight is 261 g/mol. The molecule has 0 amide bonds. The summed E-state index contributed by atoms with van der Waals surface area (Å²) in [5.41, 5.74) is 1.35. The summed E-state index contributed by atoms with van der Waals surface area (Å²) >= 11 is 0. The molecule has 0 radical (unpaired) electrons. The molecule has 5 nitrogen and oxygen atoms in total. The van der Waals surface area contributed by atoms with Gasteiger partial charge in [-0.05, 0) is 30.7 Å². The topological polar surface area (TPSA) is 45.5 Å². The number of likely N-dealkylation sites (tertiary alicyclic amines) is 1. The molecule has 1 unspecified atom stereocenters. The largest absolute Gasteiger partial charge is 0.356 e. The SMILES string of the molecule is CN=C(NCC1CC1)N1CCC(c2cnn(C)c2)C1. The maximum Gasteiger partial charge on any atom is 0.193 e. The molecule has 1 aliphatic carbocycles. The molecule has 0 aromatic carbocycles. The maximum atomic E-state index is 4.41. The standard InChI is InChI=1S/C14H23N5/c1-15-14(16-7-11-3-4-11)19-6-5-12(10-19)13-8-17-18(2)9-13/h8-9,11-12H,3-7,10H2,1-2H3,(H,15,16). The van der Waals surface area contributed by atoms with E-state index in [9.17, 15) is 0 Å². The summed E-state index contributed by atoms with van der Waals surface area (Å²) in [4.78, 5) is 6.79. The van der Waals surface area contributed by atoms with Crippen LogP contribution in [0.15, 0.2) is 17.4 Å². The van der Waals surface area contributed by atoms with E-state index in [0.29, 0.717) is 5.92 Å². The van der Waals surface area contributed by atoms with Crippen molar-refractivity contribution in [1.29, 1.82) is 0 Å². The first-order valence-electron chi connectivity index (χ1n) is 7.20. The predicted molar refractivity (Wildman–Crippen MR) is 76.2 cm³/mol. The Labute approximate surface area is 114 Å². The molecule has 0 bridgehead atoms. The highest BCUT2D eigenvalue weighted by Gasteiger charge is 2.28. The van der Waals surface area contributed by atoms with Gasteiger partial charge in [-0.15, -0.1) is 0 Å². The van der Waals surface area contributed by atoms with Crippen LogP contribution in [-0.2, 0) is 7.05 Å². The van der Waals surface area contributed by atoms with Crippen LogP contribution in [0.3, 0.4) is 0 Å². The number of guanidine groups is 1. The zero-order valence-corrected chi connectivity index (χ0v) is 11.8. The number of rotatable bonds is 3. The van der Waals surface area contributed by atoms with Crippen molar-refractivity contribution in [2.75, 3.05) is 26.7 Å². The summed E-state index contributed by atoms with van der Waals surface area (Å²) in [6, 6.07) is 0. The lowest BCUT2D eigenvalue weighted by molar-refractivity contribution is 0.483. The monoisotopic (exact) mass is 261 g/mol. The number of hydrogen-bond donors (Lipinski definition) is 1. The number of aliphatic imine (C=N–C) groups is 1. The van der Waals surface area contributed by atoms with Crippen molar-refractivity contribution in [3.8, 4) is 0 Å². The van der Waals surface area contributed by atoms with Gasteiger partial charge in [0.15, 0.2) is 5.96 Å². The molecule has 3 rings (SSSR count). The molecule has 1 atom stereocenters. The van der Waals surface area contributed by atoms with Gasteiger partial charge < -0.3 is 10.2 Å². The van der Waals surface area contributed by atoms with Crippen molar-refractivity contribution in [1.82, 2.24) is 20.0 Å². The van der Waals surface area contributed by atoms with Gasteiger partial charge in [-0.3, -0.25) is 9.67 Å². The zero-order valence-electron chi connectivity index (χ0n) is 11.8. The van der Waals surface area contributed by atoms with Crippen LogP contribution in [0.2, 0.25) is 0 Å². The van der Waals surface area contributed by atoms with Gasteiger partial charge in [-0.25, -0.2) is 0 Å². The summed E-state index contributed by atoms with van der Waals surface area (Å²) in [6.45, 7) is 3.22. The van der Waals surface area contributed by atoms with Gasteiger partial charge in [-0.1, -0.05) is 0 Å². The van der Waals surface area contributed by atoms with Crippen molar-refractivity contribution in [2.24, 2.45) is 18.0 Å². The lowest BCUT2D eigenvalue weighted by atomic mass is 10.0. The summed E-state index contributed by atoms with van der Waals surface area (Å²) in [5, 5.41) is 7.78. The third-order valence-corrected chi connectivity index (χ3v) is 4.14. The second-order valence-electron chi connectivity index (χ2n) is 5.75. The van der Waals surface area contributed by atoms with E-state index in [1.165, 1.54) is 24.8 Å². The Kier molecular flexibility index (Phi) is 3.44. The van der Waals surface area contributed by atoms with Crippen molar-refractivity contribution in [3.05, 3.63) is 18.0 Å². The fourth-order valence-corrected chi connectivity index (χ4v) is 2.77. The van der Waals surface area contributed by atoms with Crippen LogP contribution in [0.5, 0.6) is 0 Å². The lowest BCUT2D eigenvalue weighted by Crippen LogP contribution is -2.40. The van der Waals surface area contributed by atoms with Gasteiger partial charge in [-0.2, -0.15) is 5.10 Å². The van der Waals surface area contributed by atoms with Crippen molar-refractivity contribution < 1.29 is 0 Å². The van der Waals surface area contributed by atoms with E-state index in [4.69, 9.17) is 0 Å². The molecular formula is C14H23N5. The fourth-order valence-electron chi connectivity index (χ4n) is 2.77. The first-order valence-corrected chi connectivity index (χ1v) is 7.20. The maximum absolute atomic E-state index is 4.41. The molecule has 1 aromatic heterocycles. The first kappa shape index (κ1) is 12.5. The van der Waals surface area contributed by atoms with E-state index in [2.05, 4.69) is 26.5 Å². The third kappa shape index (κ3) is 2.91. The molecule has 5 heteroatoms. The highest BCUT2D eigenvalue weighted by Crippen LogP contribution is 2.29. The van der Waals surface area contributed by atoms with Gasteiger partial charge in [0.25, 0.3) is 0 Å². The van der Waals surface area contributed by atoms with Crippen molar-refractivity contribution in [2.45, 2.75) is 25.2 Å². The van der Waals surface area contributed by atoms with Gasteiger partial charge in [0.1, 0.15) is 0 Å². The molecule has 19 heavy (non-hydrogen) atoms. The average Bonchev–Trinajstić information content (AvgIpc) is 2.93. The second-order valence-corrected chi connectivity index (χ2v) is 5.75. The third-order valence-electron chi connectivity index (χ3n) is 4.14. The Morgan fingerprint density at radius 1 is 1.47 bits per heavy atom. The summed E-state index contributed by atoms with van der Waals surface area (Å²) in [6.07, 6.45) is 8.07. The van der Waals surface area contributed by atoms with Crippen molar-refractivity contribution in [3.63, 3.8) is 0 Å². The molecule has 2 fully saturated rings. The second kappa shape index (κ2) is 5.23. The quantitative estimate of drug-likeness (QED) is 0.657. The van der Waals surface area contributed by atoms with E-state index in [1.807, 2.05) is 25.0 Å². The Morgan fingerprint density at radius 2 is 2.32 bits per heavy atom. The molecule has 1 saturated carbocycles. The van der Waals surface area contributed by atoms with E-state index >= 15 is 0 Å². The lowest BCUT2D eigenvalue weighted by Gasteiger charge is -2.21. The smallest absolute Gasteiger partial charge is 0.193 e. The van der Waals surface area contributed by atoms with Gasteiger partial charge in [0.2, 0.25) is 0 Å². The van der Waals surface area contributed by atoms with Gasteiger partial charge >= 0.3 is 0 Å². The van der Waals surface area contributed by atoms with E-state index in [1.54, 1.807) is 0 Å². The molecule has 1 aliphatic heterocycles. The zero-order chi connectivity index (χ0) is 13.2. The van der Waals surface area contributed by atoms with Gasteiger partial charge in [0.05, 0.1) is 6.20 Å². The molecule has 1 aromatic rings. The number of aromatic nitrogens is 2. The molecule has 2 heterocycles. The minimum absolute atomic E-state index is 0.591. The van der Waals surface area contributed by atoms with Crippen LogP contribution in [0.25, 0.3) is 0 Å². The van der Waals surface area contributed by atoms with Crippen LogP contribution >= 0.6 is 0 Å². The number of hydrogen-bond acceptors (Lipinski definition) is 2. The first-order chi connectivity index (χ1) is 9.26.